The highest BCUT2D eigenvalue weighted by Gasteiger charge is 2.10. The molecular weight excluding hydrogens is 406 g/mol. The lowest BCUT2D eigenvalue weighted by atomic mass is 10.1. The Labute approximate surface area is 184 Å². The van der Waals surface area contributed by atoms with Gasteiger partial charge in [-0.25, -0.2) is 15.4 Å². The van der Waals surface area contributed by atoms with Crippen LogP contribution in [-0.4, -0.2) is 26.2 Å². The van der Waals surface area contributed by atoms with Crippen molar-refractivity contribution in [3.8, 4) is 28.3 Å². The van der Waals surface area contributed by atoms with Crippen LogP contribution in [0.25, 0.3) is 22.5 Å². The molecule has 0 radical (unpaired) electrons. The van der Waals surface area contributed by atoms with E-state index in [1.165, 1.54) is 24.4 Å². The van der Waals surface area contributed by atoms with E-state index in [0.717, 1.165) is 22.4 Å². The lowest BCUT2D eigenvalue weighted by Gasteiger charge is -2.08. The molecule has 0 aliphatic heterocycles. The summed E-state index contributed by atoms with van der Waals surface area (Å²) in [4.78, 5) is 19.5. The zero-order valence-electron chi connectivity index (χ0n) is 17.1. The van der Waals surface area contributed by atoms with Gasteiger partial charge in [-0.3, -0.25) is 10.1 Å². The number of phenols is 1. The maximum atomic E-state index is 11.0. The molecule has 0 aliphatic rings. The van der Waals surface area contributed by atoms with E-state index in [2.05, 4.69) is 20.5 Å². The Bertz CT molecular complexity index is 1290. The van der Waals surface area contributed by atoms with E-state index < -0.39 is 4.92 Å². The van der Waals surface area contributed by atoms with Gasteiger partial charge in [-0.2, -0.15) is 5.10 Å². The molecule has 0 aliphatic carbocycles. The van der Waals surface area contributed by atoms with Crippen molar-refractivity contribution in [1.29, 1.82) is 0 Å². The van der Waals surface area contributed by atoms with E-state index in [-0.39, 0.29) is 22.9 Å². The van der Waals surface area contributed by atoms with Crippen molar-refractivity contribution >= 4 is 17.9 Å². The summed E-state index contributed by atoms with van der Waals surface area (Å²) in [7, 11) is 0. The van der Waals surface area contributed by atoms with Gasteiger partial charge in [0.05, 0.1) is 22.5 Å². The lowest BCUT2D eigenvalue weighted by Crippen LogP contribution is -2.00. The Morgan fingerprint density at radius 1 is 0.938 bits per heavy atom. The molecule has 0 amide bonds. The average Bonchev–Trinajstić information content (AvgIpc) is 2.81. The van der Waals surface area contributed by atoms with Gasteiger partial charge in [0.1, 0.15) is 5.75 Å². The fourth-order valence-electron chi connectivity index (χ4n) is 3.04. The average molecular weight is 425 g/mol. The zero-order valence-corrected chi connectivity index (χ0v) is 17.1. The molecular formula is C24H19N5O3. The number of aryl methyl sites for hydroxylation is 1. The van der Waals surface area contributed by atoms with Crippen molar-refractivity contribution < 1.29 is 10.0 Å². The van der Waals surface area contributed by atoms with Gasteiger partial charge in [0.25, 0.3) is 5.69 Å². The van der Waals surface area contributed by atoms with Crippen LogP contribution < -0.4 is 5.43 Å². The summed E-state index contributed by atoms with van der Waals surface area (Å²) >= 11 is 0. The van der Waals surface area contributed by atoms with Crippen LogP contribution in [0.15, 0.2) is 84.0 Å². The van der Waals surface area contributed by atoms with Gasteiger partial charge in [0.15, 0.2) is 0 Å². The summed E-state index contributed by atoms with van der Waals surface area (Å²) < 4.78 is 0. The summed E-state index contributed by atoms with van der Waals surface area (Å²) in [6, 6.07) is 23.3. The molecule has 0 fully saturated rings. The van der Waals surface area contributed by atoms with E-state index in [0.29, 0.717) is 5.69 Å². The maximum absolute atomic E-state index is 11.0. The number of phenolic OH excluding ortho intramolecular Hbond substituents is 1. The first-order valence-corrected chi connectivity index (χ1v) is 9.77. The number of aromatic hydroxyl groups is 1. The van der Waals surface area contributed by atoms with Gasteiger partial charge in [0.2, 0.25) is 5.95 Å². The molecule has 8 heteroatoms. The number of rotatable bonds is 6. The Morgan fingerprint density at radius 2 is 1.59 bits per heavy atom. The molecule has 4 rings (SSSR count). The SMILES string of the molecule is Cc1ccc(-c2cc(-c3ccccc3)nc(NN=Cc3cc([N+](=O)[O-])ccc3O)n2)cc1. The Hall–Kier alpha value is -4.59. The number of anilines is 1. The fourth-order valence-corrected chi connectivity index (χ4v) is 3.04. The number of hydrogen-bond donors (Lipinski definition) is 2. The largest absolute Gasteiger partial charge is 0.507 e. The molecule has 0 unspecified atom stereocenters. The lowest BCUT2D eigenvalue weighted by molar-refractivity contribution is -0.384. The second-order valence-corrected chi connectivity index (χ2v) is 7.06. The van der Waals surface area contributed by atoms with Crippen molar-refractivity contribution in [2.24, 2.45) is 5.10 Å². The normalized spacial score (nSPS) is 10.9. The zero-order chi connectivity index (χ0) is 22.5. The van der Waals surface area contributed by atoms with E-state index >= 15 is 0 Å². The van der Waals surface area contributed by atoms with Crippen LogP contribution in [0, 0.1) is 17.0 Å². The molecule has 0 saturated heterocycles. The van der Waals surface area contributed by atoms with Gasteiger partial charge in [-0.1, -0.05) is 60.2 Å². The van der Waals surface area contributed by atoms with Crippen LogP contribution in [0.1, 0.15) is 11.1 Å². The van der Waals surface area contributed by atoms with Gasteiger partial charge in [-0.15, -0.1) is 0 Å². The van der Waals surface area contributed by atoms with E-state index in [1.54, 1.807) is 0 Å². The molecule has 4 aromatic rings. The molecule has 1 aromatic heterocycles. The number of nitro groups is 1. The van der Waals surface area contributed by atoms with Gasteiger partial charge >= 0.3 is 0 Å². The third-order valence-electron chi connectivity index (χ3n) is 4.73. The summed E-state index contributed by atoms with van der Waals surface area (Å²) in [6.07, 6.45) is 1.28. The Kier molecular flexibility index (Phi) is 5.85. The van der Waals surface area contributed by atoms with Crippen LogP contribution in [0.4, 0.5) is 11.6 Å². The first-order valence-electron chi connectivity index (χ1n) is 9.77. The number of non-ortho nitro benzene ring substituents is 1. The van der Waals surface area contributed by atoms with Gasteiger partial charge in [0, 0.05) is 28.8 Å². The van der Waals surface area contributed by atoms with Crippen LogP contribution >= 0.6 is 0 Å². The van der Waals surface area contributed by atoms with Crippen LogP contribution in [0.3, 0.4) is 0 Å². The molecule has 158 valence electrons. The molecule has 0 atom stereocenters. The Balaban J connectivity index is 1.68. The fraction of sp³-hybridized carbons (Fsp3) is 0.0417. The summed E-state index contributed by atoms with van der Waals surface area (Å²) in [6.45, 7) is 2.02. The number of aromatic nitrogens is 2. The number of benzene rings is 3. The van der Waals surface area contributed by atoms with Crippen molar-refractivity contribution in [2.75, 3.05) is 5.43 Å². The summed E-state index contributed by atoms with van der Waals surface area (Å²) in [5, 5.41) is 25.0. The van der Waals surface area contributed by atoms with Crippen LogP contribution in [0.5, 0.6) is 5.75 Å². The molecule has 0 bridgehead atoms. The van der Waals surface area contributed by atoms with E-state index in [1.807, 2.05) is 67.6 Å². The second-order valence-electron chi connectivity index (χ2n) is 7.06. The third-order valence-corrected chi connectivity index (χ3v) is 4.73. The van der Waals surface area contributed by atoms with Crippen LogP contribution in [0.2, 0.25) is 0 Å². The van der Waals surface area contributed by atoms with Crippen molar-refractivity contribution in [3.05, 3.63) is 100 Å². The predicted molar refractivity (Wildman–Crippen MR) is 124 cm³/mol. The van der Waals surface area contributed by atoms with Gasteiger partial charge in [-0.05, 0) is 19.1 Å². The van der Waals surface area contributed by atoms with Crippen molar-refractivity contribution in [3.63, 3.8) is 0 Å². The predicted octanol–water partition coefficient (Wildman–Crippen LogP) is 5.18. The monoisotopic (exact) mass is 425 g/mol. The molecule has 32 heavy (non-hydrogen) atoms. The van der Waals surface area contributed by atoms with Crippen molar-refractivity contribution in [1.82, 2.24) is 9.97 Å². The minimum Gasteiger partial charge on any atom is -0.507 e. The minimum absolute atomic E-state index is 0.125. The molecule has 0 spiro atoms. The van der Waals surface area contributed by atoms with Crippen molar-refractivity contribution in [2.45, 2.75) is 6.92 Å². The number of nitrogens with zero attached hydrogens (tertiary/aromatic N) is 4. The molecule has 0 saturated carbocycles. The molecule has 3 aromatic carbocycles. The molecule has 8 nitrogen and oxygen atoms in total. The number of nitrogens with one attached hydrogen (secondary N) is 1. The Morgan fingerprint density at radius 3 is 2.25 bits per heavy atom. The topological polar surface area (TPSA) is 114 Å². The minimum atomic E-state index is -0.537. The van der Waals surface area contributed by atoms with Gasteiger partial charge < -0.3 is 5.11 Å². The van der Waals surface area contributed by atoms with E-state index in [4.69, 9.17) is 0 Å². The highest BCUT2D eigenvalue weighted by Crippen LogP contribution is 2.26. The first-order chi connectivity index (χ1) is 15.5. The van der Waals surface area contributed by atoms with E-state index in [9.17, 15) is 15.2 Å². The number of nitro benzene ring substituents is 1. The smallest absolute Gasteiger partial charge is 0.270 e. The first kappa shape index (κ1) is 20.7. The number of hydrogen-bond acceptors (Lipinski definition) is 7. The number of hydrazone groups is 1. The quantitative estimate of drug-likeness (QED) is 0.250. The third kappa shape index (κ3) is 4.76. The maximum Gasteiger partial charge on any atom is 0.270 e. The standard InChI is InChI=1S/C24H19N5O3/c1-16-7-9-18(10-8-16)22-14-21(17-5-3-2-4-6-17)26-24(27-22)28-25-15-19-13-20(29(31)32)11-12-23(19)30/h2-15,30H,1H3,(H,26,27,28). The highest BCUT2D eigenvalue weighted by molar-refractivity contribution is 5.85. The molecule has 1 heterocycles. The molecule has 2 N–H and O–H groups in total. The highest BCUT2D eigenvalue weighted by atomic mass is 16.6. The summed E-state index contributed by atoms with van der Waals surface area (Å²) in [5.74, 6) is 0.128. The summed E-state index contributed by atoms with van der Waals surface area (Å²) in [5.41, 5.74) is 7.25. The second kappa shape index (κ2) is 9.05. The van der Waals surface area contributed by atoms with Crippen LogP contribution in [-0.2, 0) is 0 Å².